The largest absolute Gasteiger partial charge is 0.478 e. The van der Waals surface area contributed by atoms with Crippen LogP contribution in [-0.2, 0) is 6.54 Å². The number of benzene rings is 2. The smallest absolute Gasteiger partial charge is 0.335 e. The summed E-state index contributed by atoms with van der Waals surface area (Å²) in [5.41, 5.74) is 4.02. The molecular weight excluding hydrogens is 314 g/mol. The minimum Gasteiger partial charge on any atom is -0.478 e. The predicted molar refractivity (Wildman–Crippen MR) is 95.5 cm³/mol. The monoisotopic (exact) mass is 329 g/mol. The maximum absolute atomic E-state index is 11.0. The summed E-state index contributed by atoms with van der Waals surface area (Å²) >= 11 is 0. The number of hydrogen-bond donors (Lipinski definition) is 1. The first kappa shape index (κ1) is 15.1. The van der Waals surface area contributed by atoms with Crippen LogP contribution in [-0.4, -0.2) is 25.6 Å². The van der Waals surface area contributed by atoms with E-state index in [4.69, 9.17) is 10.1 Å². The first-order valence-corrected chi connectivity index (χ1v) is 7.91. The third-order valence-electron chi connectivity index (χ3n) is 4.09. The van der Waals surface area contributed by atoms with Crippen LogP contribution in [0.15, 0.2) is 72.9 Å². The van der Waals surface area contributed by atoms with Crippen LogP contribution in [0.25, 0.3) is 22.6 Å². The summed E-state index contributed by atoms with van der Waals surface area (Å²) in [5.74, 6) is -0.127. The predicted octanol–water partition coefficient (Wildman–Crippen LogP) is 3.84. The van der Waals surface area contributed by atoms with Crippen LogP contribution in [0.5, 0.6) is 0 Å². The van der Waals surface area contributed by atoms with Gasteiger partial charge in [-0.2, -0.15) is 0 Å². The fourth-order valence-corrected chi connectivity index (χ4v) is 2.86. The first-order chi connectivity index (χ1) is 12.2. The van der Waals surface area contributed by atoms with Gasteiger partial charge in [-0.1, -0.05) is 30.3 Å². The number of pyridine rings is 1. The average molecular weight is 329 g/mol. The Hall–Kier alpha value is -3.47. The first-order valence-electron chi connectivity index (χ1n) is 7.91. The number of imidazole rings is 1. The Morgan fingerprint density at radius 3 is 2.44 bits per heavy atom. The number of carboxylic acids is 1. The van der Waals surface area contributed by atoms with E-state index < -0.39 is 5.97 Å². The van der Waals surface area contributed by atoms with Crippen molar-refractivity contribution in [3.63, 3.8) is 0 Å². The molecule has 122 valence electrons. The number of aromatic carboxylic acids is 1. The van der Waals surface area contributed by atoms with Gasteiger partial charge in [-0.3, -0.25) is 4.98 Å². The number of nitrogens with zero attached hydrogens (tertiary/aromatic N) is 3. The highest BCUT2D eigenvalue weighted by atomic mass is 16.4. The van der Waals surface area contributed by atoms with E-state index in [0.717, 1.165) is 28.1 Å². The number of hydrogen-bond acceptors (Lipinski definition) is 3. The molecule has 0 aliphatic heterocycles. The summed E-state index contributed by atoms with van der Waals surface area (Å²) in [6.07, 6.45) is 1.75. The number of rotatable bonds is 4. The maximum atomic E-state index is 11.0. The van der Waals surface area contributed by atoms with Crippen LogP contribution in [0.3, 0.4) is 0 Å². The molecule has 0 amide bonds. The van der Waals surface area contributed by atoms with Gasteiger partial charge >= 0.3 is 5.97 Å². The fraction of sp³-hybridized carbons (Fsp3) is 0.0500. The SMILES string of the molecule is O=C(O)c1ccc(Cn2c(-c3ccccn3)nc3ccccc32)cc1. The van der Waals surface area contributed by atoms with Gasteiger partial charge < -0.3 is 9.67 Å². The van der Waals surface area contributed by atoms with Gasteiger partial charge in [0.1, 0.15) is 5.69 Å². The molecule has 0 unspecified atom stereocenters. The van der Waals surface area contributed by atoms with Crippen LogP contribution >= 0.6 is 0 Å². The van der Waals surface area contributed by atoms with Crippen LogP contribution in [0, 0.1) is 0 Å². The van der Waals surface area contributed by atoms with Crippen molar-refractivity contribution in [2.75, 3.05) is 0 Å². The van der Waals surface area contributed by atoms with Crippen LogP contribution in [0.1, 0.15) is 15.9 Å². The highest BCUT2D eigenvalue weighted by Crippen LogP contribution is 2.24. The lowest BCUT2D eigenvalue weighted by Crippen LogP contribution is -2.04. The lowest BCUT2D eigenvalue weighted by Gasteiger charge is -2.09. The average Bonchev–Trinajstić information content (AvgIpc) is 3.02. The lowest BCUT2D eigenvalue weighted by molar-refractivity contribution is 0.0697. The Labute approximate surface area is 144 Å². The fourth-order valence-electron chi connectivity index (χ4n) is 2.86. The molecule has 5 nitrogen and oxygen atoms in total. The van der Waals surface area contributed by atoms with Crippen LogP contribution in [0.4, 0.5) is 0 Å². The van der Waals surface area contributed by atoms with Gasteiger partial charge in [0.05, 0.1) is 16.6 Å². The maximum Gasteiger partial charge on any atom is 0.335 e. The quantitative estimate of drug-likeness (QED) is 0.617. The molecule has 2 aromatic heterocycles. The van der Waals surface area contributed by atoms with Crippen molar-refractivity contribution < 1.29 is 9.90 Å². The van der Waals surface area contributed by atoms with E-state index >= 15 is 0 Å². The third kappa shape index (κ3) is 2.87. The molecule has 0 saturated heterocycles. The van der Waals surface area contributed by atoms with Crippen molar-refractivity contribution >= 4 is 17.0 Å². The van der Waals surface area contributed by atoms with Crippen LogP contribution < -0.4 is 0 Å². The highest BCUT2D eigenvalue weighted by molar-refractivity contribution is 5.87. The summed E-state index contributed by atoms with van der Waals surface area (Å²) in [6.45, 7) is 0.590. The molecule has 0 aliphatic rings. The van der Waals surface area contributed by atoms with Gasteiger partial charge in [0.25, 0.3) is 0 Å². The molecule has 0 atom stereocenters. The zero-order chi connectivity index (χ0) is 17.2. The van der Waals surface area contributed by atoms with Gasteiger partial charge in [0.15, 0.2) is 5.82 Å². The lowest BCUT2D eigenvalue weighted by atomic mass is 10.1. The number of carboxylic acid groups (broad SMARTS) is 1. The Morgan fingerprint density at radius 1 is 0.960 bits per heavy atom. The molecule has 0 saturated carbocycles. The van der Waals surface area contributed by atoms with Crippen molar-refractivity contribution in [3.05, 3.63) is 84.1 Å². The molecule has 0 radical (unpaired) electrons. The summed E-state index contributed by atoms with van der Waals surface area (Å²) < 4.78 is 2.10. The molecule has 5 heteroatoms. The van der Waals surface area contributed by atoms with E-state index in [1.807, 2.05) is 54.6 Å². The number of aromatic nitrogens is 3. The minimum atomic E-state index is -0.922. The van der Waals surface area contributed by atoms with Crippen molar-refractivity contribution in [2.45, 2.75) is 6.54 Å². The van der Waals surface area contributed by atoms with Gasteiger partial charge in [0.2, 0.25) is 0 Å². The molecule has 25 heavy (non-hydrogen) atoms. The standard InChI is InChI=1S/C20H15N3O2/c24-20(25)15-10-8-14(9-11-15)13-23-18-7-2-1-5-16(18)22-19(23)17-6-3-4-12-21-17/h1-12H,13H2,(H,24,25). The van der Waals surface area contributed by atoms with Gasteiger partial charge in [-0.15, -0.1) is 0 Å². The Morgan fingerprint density at radius 2 is 1.72 bits per heavy atom. The number of para-hydroxylation sites is 2. The molecule has 2 aromatic carbocycles. The Bertz CT molecular complexity index is 1040. The summed E-state index contributed by atoms with van der Waals surface area (Å²) in [5, 5.41) is 9.04. The van der Waals surface area contributed by atoms with Crippen LogP contribution in [0.2, 0.25) is 0 Å². The summed E-state index contributed by atoms with van der Waals surface area (Å²) in [7, 11) is 0. The third-order valence-corrected chi connectivity index (χ3v) is 4.09. The van der Waals surface area contributed by atoms with E-state index in [1.54, 1.807) is 18.3 Å². The molecule has 1 N–H and O–H groups in total. The number of carbonyl (C=O) groups is 1. The molecule has 4 aromatic rings. The van der Waals surface area contributed by atoms with Crippen molar-refractivity contribution in [2.24, 2.45) is 0 Å². The topological polar surface area (TPSA) is 68.0 Å². The molecule has 0 fully saturated rings. The second-order valence-corrected chi connectivity index (χ2v) is 5.73. The van der Waals surface area contributed by atoms with Gasteiger partial charge in [-0.05, 0) is 42.0 Å². The van der Waals surface area contributed by atoms with E-state index in [9.17, 15) is 4.79 Å². The van der Waals surface area contributed by atoms with Crippen molar-refractivity contribution in [3.8, 4) is 11.5 Å². The van der Waals surface area contributed by atoms with E-state index in [-0.39, 0.29) is 5.56 Å². The zero-order valence-corrected chi connectivity index (χ0v) is 13.3. The molecular formula is C20H15N3O2. The molecule has 0 spiro atoms. The number of fused-ring (bicyclic) bond motifs is 1. The minimum absolute atomic E-state index is 0.282. The van der Waals surface area contributed by atoms with E-state index in [2.05, 4.69) is 9.55 Å². The van der Waals surface area contributed by atoms with Gasteiger partial charge in [0, 0.05) is 12.7 Å². The zero-order valence-electron chi connectivity index (χ0n) is 13.3. The molecule has 0 aliphatic carbocycles. The second-order valence-electron chi connectivity index (χ2n) is 5.73. The second kappa shape index (κ2) is 6.20. The van der Waals surface area contributed by atoms with Crippen molar-refractivity contribution in [1.82, 2.24) is 14.5 Å². The Kier molecular flexibility index (Phi) is 3.74. The summed E-state index contributed by atoms with van der Waals surface area (Å²) in [6, 6.07) is 20.6. The van der Waals surface area contributed by atoms with E-state index in [1.165, 1.54) is 0 Å². The highest BCUT2D eigenvalue weighted by Gasteiger charge is 2.13. The Balaban J connectivity index is 1.81. The normalized spacial score (nSPS) is 10.9. The molecule has 4 rings (SSSR count). The molecule has 2 heterocycles. The van der Waals surface area contributed by atoms with Crippen molar-refractivity contribution in [1.29, 1.82) is 0 Å². The molecule has 0 bridgehead atoms. The van der Waals surface area contributed by atoms with Gasteiger partial charge in [-0.25, -0.2) is 9.78 Å². The summed E-state index contributed by atoms with van der Waals surface area (Å²) in [4.78, 5) is 20.2. The van der Waals surface area contributed by atoms with E-state index in [0.29, 0.717) is 6.54 Å².